The van der Waals surface area contributed by atoms with Crippen molar-refractivity contribution in [2.45, 2.75) is 5.79 Å². The van der Waals surface area contributed by atoms with Gasteiger partial charge in [-0.3, -0.25) is 0 Å². The van der Waals surface area contributed by atoms with Gasteiger partial charge in [0.25, 0.3) is 0 Å². The summed E-state index contributed by atoms with van der Waals surface area (Å²) in [5.74, 6) is -6.52. The number of phenols is 1. The number of phenolic OH excluding ortho intramolecular Hbond substituents is 1. The van der Waals surface area contributed by atoms with Crippen LogP contribution in [0.5, 0.6) is 5.75 Å². The number of halogens is 4. The molecule has 3 nitrogen and oxygen atoms in total. The zero-order chi connectivity index (χ0) is 15.1. The predicted octanol–water partition coefficient (Wildman–Crippen LogP) is 3.27. The molecular weight excluding hydrogens is 357 g/mol. The van der Waals surface area contributed by atoms with Crippen molar-refractivity contribution in [1.82, 2.24) is 0 Å². The summed E-state index contributed by atoms with van der Waals surface area (Å²) in [6, 6.07) is 5.52. The summed E-state index contributed by atoms with van der Waals surface area (Å²) in [7, 11) is 0. The second-order valence-electron chi connectivity index (χ2n) is 4.08. The maximum atomic E-state index is 13.3. The van der Waals surface area contributed by atoms with Crippen molar-refractivity contribution in [3.63, 3.8) is 0 Å². The minimum absolute atomic E-state index is 0.00657. The summed E-state index contributed by atoms with van der Waals surface area (Å²) in [4.78, 5) is 0. The number of aliphatic hydroxyl groups is 2. The van der Waals surface area contributed by atoms with Gasteiger partial charge in [-0.25, -0.2) is 8.78 Å². The van der Waals surface area contributed by atoms with Gasteiger partial charge in [0.15, 0.2) is 17.4 Å². The van der Waals surface area contributed by atoms with Gasteiger partial charge in [-0.1, -0.05) is 27.5 Å². The molecule has 2 aromatic carbocycles. The topological polar surface area (TPSA) is 60.7 Å². The zero-order valence-electron chi connectivity index (χ0n) is 9.74. The van der Waals surface area contributed by atoms with Crippen molar-refractivity contribution >= 4 is 27.5 Å². The molecule has 0 amide bonds. The molecule has 0 aliphatic heterocycles. The van der Waals surface area contributed by atoms with E-state index >= 15 is 0 Å². The quantitative estimate of drug-likeness (QED) is 0.716. The Morgan fingerprint density at radius 2 is 1.60 bits per heavy atom. The minimum Gasteiger partial charge on any atom is -0.503 e. The number of rotatable bonds is 2. The molecule has 3 N–H and O–H groups in total. The van der Waals surface area contributed by atoms with Gasteiger partial charge in [-0.15, -0.1) is 0 Å². The molecule has 2 aromatic rings. The standard InChI is InChI=1S/C13H8BrClF2O3/c14-7-1-2-9(15)8(5-7)13(19,20)6-3-10(16)12(18)11(17)4-6/h1-5,18-20H. The van der Waals surface area contributed by atoms with Crippen LogP contribution in [0.15, 0.2) is 34.8 Å². The van der Waals surface area contributed by atoms with E-state index in [-0.39, 0.29) is 10.6 Å². The van der Waals surface area contributed by atoms with Gasteiger partial charge < -0.3 is 15.3 Å². The van der Waals surface area contributed by atoms with Crippen molar-refractivity contribution in [1.29, 1.82) is 0 Å². The van der Waals surface area contributed by atoms with Crippen LogP contribution in [-0.4, -0.2) is 15.3 Å². The molecule has 0 saturated heterocycles. The monoisotopic (exact) mass is 364 g/mol. The predicted molar refractivity (Wildman–Crippen MR) is 72.4 cm³/mol. The van der Waals surface area contributed by atoms with Crippen molar-refractivity contribution in [3.05, 3.63) is 62.6 Å². The van der Waals surface area contributed by atoms with Crippen LogP contribution in [0.25, 0.3) is 0 Å². The Hall–Kier alpha value is -1.21. The van der Waals surface area contributed by atoms with Crippen LogP contribution in [0.3, 0.4) is 0 Å². The molecule has 0 bridgehead atoms. The molecule has 0 radical (unpaired) electrons. The van der Waals surface area contributed by atoms with Crippen LogP contribution in [0, 0.1) is 11.6 Å². The summed E-state index contributed by atoms with van der Waals surface area (Å²) >= 11 is 9.00. The first-order valence-corrected chi connectivity index (χ1v) is 6.49. The Bertz CT molecular complexity index is 654. The van der Waals surface area contributed by atoms with E-state index in [2.05, 4.69) is 15.9 Å². The first-order valence-electron chi connectivity index (χ1n) is 5.32. The van der Waals surface area contributed by atoms with Gasteiger partial charge in [0.2, 0.25) is 5.79 Å². The van der Waals surface area contributed by atoms with Gasteiger partial charge in [0.1, 0.15) is 0 Å². The van der Waals surface area contributed by atoms with Gasteiger partial charge in [0, 0.05) is 20.6 Å². The van der Waals surface area contributed by atoms with Gasteiger partial charge in [-0.05, 0) is 30.3 Å². The molecule has 0 aromatic heterocycles. The van der Waals surface area contributed by atoms with Crippen LogP contribution >= 0.6 is 27.5 Å². The Morgan fingerprint density at radius 1 is 1.05 bits per heavy atom. The fourth-order valence-corrected chi connectivity index (χ4v) is 2.30. The summed E-state index contributed by atoms with van der Waals surface area (Å²) in [5, 5.41) is 29.3. The highest BCUT2D eigenvalue weighted by Gasteiger charge is 2.33. The number of hydrogen-bond donors (Lipinski definition) is 3. The third-order valence-corrected chi connectivity index (χ3v) is 3.55. The zero-order valence-corrected chi connectivity index (χ0v) is 12.1. The average molecular weight is 366 g/mol. The molecule has 0 aliphatic rings. The number of benzene rings is 2. The third kappa shape index (κ3) is 2.64. The fourth-order valence-electron chi connectivity index (χ4n) is 1.69. The van der Waals surface area contributed by atoms with Crippen LogP contribution in [0.4, 0.5) is 8.78 Å². The lowest BCUT2D eigenvalue weighted by Crippen LogP contribution is -2.27. The average Bonchev–Trinajstić information content (AvgIpc) is 2.38. The van der Waals surface area contributed by atoms with E-state index in [1.165, 1.54) is 12.1 Å². The summed E-state index contributed by atoms with van der Waals surface area (Å²) in [6.07, 6.45) is 0. The van der Waals surface area contributed by atoms with E-state index in [9.17, 15) is 19.0 Å². The molecule has 0 spiro atoms. The molecule has 0 saturated carbocycles. The highest BCUT2D eigenvalue weighted by Crippen LogP contribution is 2.36. The molecule has 0 fully saturated rings. The van der Waals surface area contributed by atoms with E-state index in [0.717, 1.165) is 0 Å². The molecule has 0 atom stereocenters. The second-order valence-corrected chi connectivity index (χ2v) is 5.41. The second kappa shape index (κ2) is 5.29. The van der Waals surface area contributed by atoms with E-state index < -0.39 is 28.7 Å². The Balaban J connectivity index is 2.63. The number of aromatic hydroxyl groups is 1. The van der Waals surface area contributed by atoms with E-state index in [0.29, 0.717) is 16.6 Å². The minimum atomic E-state index is -2.71. The van der Waals surface area contributed by atoms with Crippen LogP contribution in [0.1, 0.15) is 11.1 Å². The lowest BCUT2D eigenvalue weighted by molar-refractivity contribution is -0.132. The lowest BCUT2D eigenvalue weighted by atomic mass is 9.97. The first kappa shape index (κ1) is 15.2. The first-order chi connectivity index (χ1) is 9.23. The normalized spacial score (nSPS) is 11.7. The highest BCUT2D eigenvalue weighted by atomic mass is 79.9. The van der Waals surface area contributed by atoms with Crippen LogP contribution in [-0.2, 0) is 5.79 Å². The van der Waals surface area contributed by atoms with Crippen LogP contribution < -0.4 is 0 Å². The molecule has 106 valence electrons. The molecule has 20 heavy (non-hydrogen) atoms. The largest absolute Gasteiger partial charge is 0.503 e. The molecule has 0 heterocycles. The highest BCUT2D eigenvalue weighted by molar-refractivity contribution is 9.10. The molecular formula is C13H8BrClF2O3. The van der Waals surface area contributed by atoms with E-state index in [1.807, 2.05) is 0 Å². The van der Waals surface area contributed by atoms with Gasteiger partial charge in [0.05, 0.1) is 0 Å². The van der Waals surface area contributed by atoms with Crippen molar-refractivity contribution < 1.29 is 24.1 Å². The van der Waals surface area contributed by atoms with E-state index in [4.69, 9.17) is 16.7 Å². The molecule has 2 rings (SSSR count). The molecule has 7 heteroatoms. The summed E-state index contributed by atoms with van der Waals surface area (Å²) in [5.41, 5.74) is -0.650. The third-order valence-electron chi connectivity index (χ3n) is 2.72. The SMILES string of the molecule is Oc1c(F)cc(C(O)(O)c2cc(Br)ccc2Cl)cc1F. The fraction of sp³-hybridized carbons (Fsp3) is 0.0769. The summed E-state index contributed by atoms with van der Waals surface area (Å²) < 4.78 is 27.1. The Morgan fingerprint density at radius 3 is 2.15 bits per heavy atom. The Labute approximate surface area is 126 Å². The smallest absolute Gasteiger partial charge is 0.219 e. The lowest BCUT2D eigenvalue weighted by Gasteiger charge is -2.24. The molecule has 0 aliphatic carbocycles. The number of hydrogen-bond acceptors (Lipinski definition) is 3. The van der Waals surface area contributed by atoms with Gasteiger partial charge >= 0.3 is 0 Å². The van der Waals surface area contributed by atoms with Crippen molar-refractivity contribution in [2.24, 2.45) is 0 Å². The Kier molecular flexibility index (Phi) is 4.02. The van der Waals surface area contributed by atoms with Gasteiger partial charge in [-0.2, -0.15) is 0 Å². The van der Waals surface area contributed by atoms with E-state index in [1.54, 1.807) is 6.07 Å². The summed E-state index contributed by atoms with van der Waals surface area (Å²) in [6.45, 7) is 0. The maximum absolute atomic E-state index is 13.3. The van der Waals surface area contributed by atoms with Crippen molar-refractivity contribution in [2.75, 3.05) is 0 Å². The van der Waals surface area contributed by atoms with Crippen LogP contribution in [0.2, 0.25) is 5.02 Å². The molecule has 0 unspecified atom stereocenters. The van der Waals surface area contributed by atoms with Crippen molar-refractivity contribution in [3.8, 4) is 5.75 Å². The maximum Gasteiger partial charge on any atom is 0.219 e.